The maximum absolute atomic E-state index is 3.47. The summed E-state index contributed by atoms with van der Waals surface area (Å²) in [5.41, 5.74) is 4.75. The molecule has 0 spiro atoms. The van der Waals surface area contributed by atoms with Crippen molar-refractivity contribution in [3.8, 4) is 0 Å². The average molecular weight is 204 g/mol. The van der Waals surface area contributed by atoms with Crippen LogP contribution in [0.3, 0.4) is 0 Å². The Bertz CT molecular complexity index is 334. The molecule has 1 aliphatic carbocycles. The number of hydrogen-bond acceptors (Lipinski definition) is 1. The lowest BCUT2D eigenvalue weighted by atomic mass is 9.95. The monoisotopic (exact) mass is 204 g/mol. The van der Waals surface area contributed by atoms with E-state index in [-0.39, 0.29) is 0 Å². The largest absolute Gasteiger partial charge is 0.364 e. The van der Waals surface area contributed by atoms with E-state index in [4.69, 9.17) is 0 Å². The molecule has 0 bridgehead atoms. The van der Waals surface area contributed by atoms with Crippen molar-refractivity contribution in [1.82, 2.24) is 9.88 Å². The molecule has 15 heavy (non-hydrogen) atoms. The van der Waals surface area contributed by atoms with Crippen LogP contribution in [0.5, 0.6) is 0 Å². The van der Waals surface area contributed by atoms with E-state index in [1.165, 1.54) is 63.9 Å². The van der Waals surface area contributed by atoms with Gasteiger partial charge in [0, 0.05) is 18.4 Å². The van der Waals surface area contributed by atoms with Crippen LogP contribution in [0, 0.1) is 0 Å². The normalized spacial score (nSPS) is 21.9. The van der Waals surface area contributed by atoms with Crippen LogP contribution in [-0.2, 0) is 19.4 Å². The number of nitrogens with zero attached hydrogens (tertiary/aromatic N) is 1. The molecule has 1 aromatic rings. The van der Waals surface area contributed by atoms with Gasteiger partial charge in [-0.15, -0.1) is 0 Å². The molecule has 0 aromatic carbocycles. The highest BCUT2D eigenvalue weighted by Crippen LogP contribution is 2.25. The number of likely N-dealkylation sites (tertiary alicyclic amines) is 1. The maximum atomic E-state index is 3.47. The van der Waals surface area contributed by atoms with E-state index in [1.54, 1.807) is 11.1 Å². The Hall–Kier alpha value is -0.760. The van der Waals surface area contributed by atoms with Crippen molar-refractivity contribution >= 4 is 0 Å². The van der Waals surface area contributed by atoms with Gasteiger partial charge in [-0.2, -0.15) is 0 Å². The minimum absolute atomic E-state index is 1.19. The smallest absolute Gasteiger partial charge is 0.0251 e. The van der Waals surface area contributed by atoms with E-state index >= 15 is 0 Å². The fourth-order valence-corrected chi connectivity index (χ4v) is 3.00. The lowest BCUT2D eigenvalue weighted by Gasteiger charge is -2.17. The van der Waals surface area contributed by atoms with Gasteiger partial charge in [-0.1, -0.05) is 0 Å². The third-order valence-corrected chi connectivity index (χ3v) is 3.87. The molecule has 2 heterocycles. The van der Waals surface area contributed by atoms with Gasteiger partial charge in [-0.25, -0.2) is 0 Å². The Labute approximate surface area is 91.7 Å². The molecule has 0 radical (unpaired) electrons. The standard InChI is InChI=1S/C13H20N2/c1-2-6-13-12(5-1)11(9-14-13)10-15-7-3-4-8-15/h9,14H,1-8,10H2. The van der Waals surface area contributed by atoms with Crippen LogP contribution in [0.4, 0.5) is 0 Å². The highest BCUT2D eigenvalue weighted by atomic mass is 15.1. The first-order chi connectivity index (χ1) is 7.43. The number of aromatic nitrogens is 1. The molecule has 0 amide bonds. The van der Waals surface area contributed by atoms with Crippen molar-refractivity contribution in [2.45, 2.75) is 45.1 Å². The summed E-state index contributed by atoms with van der Waals surface area (Å²) < 4.78 is 0. The number of aryl methyl sites for hydroxylation is 1. The number of hydrogen-bond donors (Lipinski definition) is 1. The highest BCUT2D eigenvalue weighted by Gasteiger charge is 2.18. The Morgan fingerprint density at radius 3 is 2.73 bits per heavy atom. The zero-order valence-electron chi connectivity index (χ0n) is 9.39. The summed E-state index contributed by atoms with van der Waals surface area (Å²) in [6.45, 7) is 3.80. The summed E-state index contributed by atoms with van der Waals surface area (Å²) in [5, 5.41) is 0. The lowest BCUT2D eigenvalue weighted by molar-refractivity contribution is 0.330. The summed E-state index contributed by atoms with van der Waals surface area (Å²) >= 11 is 0. The number of aromatic amines is 1. The van der Waals surface area contributed by atoms with Crippen LogP contribution >= 0.6 is 0 Å². The molecule has 1 aliphatic heterocycles. The van der Waals surface area contributed by atoms with Gasteiger partial charge in [0.1, 0.15) is 0 Å². The molecule has 0 saturated carbocycles. The van der Waals surface area contributed by atoms with E-state index < -0.39 is 0 Å². The van der Waals surface area contributed by atoms with Gasteiger partial charge in [0.05, 0.1) is 0 Å². The fraction of sp³-hybridized carbons (Fsp3) is 0.692. The third-order valence-electron chi connectivity index (χ3n) is 3.87. The summed E-state index contributed by atoms with van der Waals surface area (Å²) in [7, 11) is 0. The molecular weight excluding hydrogens is 184 g/mol. The molecule has 2 aliphatic rings. The molecule has 82 valence electrons. The maximum Gasteiger partial charge on any atom is 0.0251 e. The molecule has 1 saturated heterocycles. The predicted molar refractivity (Wildman–Crippen MR) is 61.9 cm³/mol. The van der Waals surface area contributed by atoms with E-state index in [9.17, 15) is 0 Å². The topological polar surface area (TPSA) is 19.0 Å². The summed E-state index contributed by atoms with van der Waals surface area (Å²) in [6.07, 6.45) is 10.4. The molecule has 1 aromatic heterocycles. The van der Waals surface area contributed by atoms with Crippen molar-refractivity contribution < 1.29 is 0 Å². The van der Waals surface area contributed by atoms with E-state index in [0.717, 1.165) is 0 Å². The van der Waals surface area contributed by atoms with Crippen molar-refractivity contribution in [2.75, 3.05) is 13.1 Å². The fourth-order valence-electron chi connectivity index (χ4n) is 3.00. The number of rotatable bonds is 2. The zero-order valence-corrected chi connectivity index (χ0v) is 9.39. The van der Waals surface area contributed by atoms with Gasteiger partial charge in [0.2, 0.25) is 0 Å². The molecule has 3 rings (SSSR count). The third kappa shape index (κ3) is 1.83. The van der Waals surface area contributed by atoms with Crippen LogP contribution in [0.15, 0.2) is 6.20 Å². The van der Waals surface area contributed by atoms with Crippen molar-refractivity contribution in [1.29, 1.82) is 0 Å². The predicted octanol–water partition coefficient (Wildman–Crippen LogP) is 2.49. The molecule has 1 N–H and O–H groups in total. The first-order valence-corrected chi connectivity index (χ1v) is 6.34. The lowest BCUT2D eigenvalue weighted by Crippen LogP contribution is -2.19. The number of H-pyrrole nitrogens is 1. The molecular formula is C13H20N2. The quantitative estimate of drug-likeness (QED) is 0.784. The second-order valence-electron chi connectivity index (χ2n) is 4.96. The molecule has 0 unspecified atom stereocenters. The Balaban J connectivity index is 1.76. The second-order valence-corrected chi connectivity index (χ2v) is 4.96. The number of fused-ring (bicyclic) bond motifs is 1. The Morgan fingerprint density at radius 1 is 1.07 bits per heavy atom. The van der Waals surface area contributed by atoms with Crippen molar-refractivity contribution in [3.63, 3.8) is 0 Å². The zero-order chi connectivity index (χ0) is 10.1. The van der Waals surface area contributed by atoms with Gasteiger partial charge in [-0.05, 0) is 62.7 Å². The Morgan fingerprint density at radius 2 is 1.87 bits per heavy atom. The molecule has 2 nitrogen and oxygen atoms in total. The molecule has 0 atom stereocenters. The Kier molecular flexibility index (Phi) is 2.53. The van der Waals surface area contributed by atoms with E-state index in [1.807, 2.05) is 0 Å². The summed E-state index contributed by atoms with van der Waals surface area (Å²) in [4.78, 5) is 6.07. The van der Waals surface area contributed by atoms with Crippen LogP contribution in [-0.4, -0.2) is 23.0 Å². The first kappa shape index (κ1) is 9.46. The molecule has 2 heteroatoms. The molecule has 1 fully saturated rings. The summed E-state index contributed by atoms with van der Waals surface area (Å²) in [5.74, 6) is 0. The SMILES string of the molecule is c1[nH]c2c(c1CN1CCCC1)CCCC2. The van der Waals surface area contributed by atoms with Gasteiger partial charge in [0.15, 0.2) is 0 Å². The van der Waals surface area contributed by atoms with E-state index in [2.05, 4.69) is 16.1 Å². The van der Waals surface area contributed by atoms with Gasteiger partial charge < -0.3 is 4.98 Å². The van der Waals surface area contributed by atoms with Crippen LogP contribution in [0.2, 0.25) is 0 Å². The van der Waals surface area contributed by atoms with Crippen LogP contribution in [0.1, 0.15) is 42.5 Å². The van der Waals surface area contributed by atoms with Crippen LogP contribution in [0.25, 0.3) is 0 Å². The van der Waals surface area contributed by atoms with E-state index in [0.29, 0.717) is 0 Å². The highest BCUT2D eigenvalue weighted by molar-refractivity contribution is 5.32. The van der Waals surface area contributed by atoms with Gasteiger partial charge in [-0.3, -0.25) is 4.90 Å². The minimum atomic E-state index is 1.19. The minimum Gasteiger partial charge on any atom is -0.364 e. The van der Waals surface area contributed by atoms with Crippen molar-refractivity contribution in [2.24, 2.45) is 0 Å². The first-order valence-electron chi connectivity index (χ1n) is 6.34. The van der Waals surface area contributed by atoms with Gasteiger partial charge >= 0.3 is 0 Å². The number of nitrogens with one attached hydrogen (secondary N) is 1. The second kappa shape index (κ2) is 4.01. The van der Waals surface area contributed by atoms with Crippen molar-refractivity contribution in [3.05, 3.63) is 23.0 Å². The average Bonchev–Trinajstić information content (AvgIpc) is 2.89. The van der Waals surface area contributed by atoms with Gasteiger partial charge in [0.25, 0.3) is 0 Å². The summed E-state index contributed by atoms with van der Waals surface area (Å²) in [6, 6.07) is 0. The van der Waals surface area contributed by atoms with Crippen LogP contribution < -0.4 is 0 Å².